The highest BCUT2D eigenvalue weighted by atomic mass is 16.2. The number of hydrogen-bond acceptors (Lipinski definition) is 3. The van der Waals surface area contributed by atoms with E-state index in [2.05, 4.69) is 43.2 Å². The first-order chi connectivity index (χ1) is 9.58. The van der Waals surface area contributed by atoms with Crippen molar-refractivity contribution in [2.75, 3.05) is 39.8 Å². The molecule has 0 radical (unpaired) electrons. The van der Waals surface area contributed by atoms with Crippen LogP contribution in [0.15, 0.2) is 24.3 Å². The first-order valence-corrected chi connectivity index (χ1v) is 7.33. The van der Waals surface area contributed by atoms with Crippen LogP contribution in [-0.4, -0.2) is 55.5 Å². The molecule has 1 aromatic rings. The number of aryl methyl sites for hydroxylation is 1. The molecule has 1 heterocycles. The molecule has 1 atom stereocenters. The minimum Gasteiger partial charge on any atom is -0.339 e. The van der Waals surface area contributed by atoms with Gasteiger partial charge in [-0.25, -0.2) is 0 Å². The van der Waals surface area contributed by atoms with Gasteiger partial charge in [0, 0.05) is 32.2 Å². The van der Waals surface area contributed by atoms with E-state index in [9.17, 15) is 4.79 Å². The number of carbonyl (C=O) groups excluding carboxylic acids is 1. The molecule has 0 saturated carbocycles. The van der Waals surface area contributed by atoms with E-state index in [-0.39, 0.29) is 11.9 Å². The summed E-state index contributed by atoms with van der Waals surface area (Å²) in [5.41, 5.74) is 2.53. The molecule has 1 saturated heterocycles. The largest absolute Gasteiger partial charge is 0.339 e. The minimum atomic E-state index is 0.201. The van der Waals surface area contributed by atoms with Crippen LogP contribution in [0.5, 0.6) is 0 Å². The van der Waals surface area contributed by atoms with E-state index < -0.39 is 0 Å². The van der Waals surface area contributed by atoms with Gasteiger partial charge in [0.05, 0.1) is 6.54 Å². The van der Waals surface area contributed by atoms with Gasteiger partial charge in [-0.05, 0) is 32.0 Å². The second-order valence-electron chi connectivity index (χ2n) is 5.64. The molecule has 4 nitrogen and oxygen atoms in total. The predicted octanol–water partition coefficient (Wildman–Crippen LogP) is 1.42. The van der Waals surface area contributed by atoms with Crippen molar-refractivity contribution in [3.05, 3.63) is 35.4 Å². The zero-order chi connectivity index (χ0) is 14.5. The number of piperazine rings is 1. The molecule has 1 N–H and O–H groups in total. The normalized spacial score (nSPS) is 18.1. The number of rotatable bonds is 4. The molecular formula is C16H25N3O. The smallest absolute Gasteiger partial charge is 0.236 e. The first-order valence-electron chi connectivity index (χ1n) is 7.33. The van der Waals surface area contributed by atoms with Crippen LogP contribution < -0.4 is 5.32 Å². The van der Waals surface area contributed by atoms with Crippen LogP contribution in [-0.2, 0) is 4.79 Å². The number of benzene rings is 1. The Morgan fingerprint density at radius 3 is 2.55 bits per heavy atom. The Hall–Kier alpha value is -1.39. The van der Waals surface area contributed by atoms with Crippen molar-refractivity contribution in [3.63, 3.8) is 0 Å². The fourth-order valence-corrected chi connectivity index (χ4v) is 2.59. The fraction of sp³-hybridized carbons (Fsp3) is 0.562. The summed E-state index contributed by atoms with van der Waals surface area (Å²) in [6.45, 7) is 8.26. The lowest BCUT2D eigenvalue weighted by molar-refractivity contribution is -0.131. The SMILES string of the molecule is Cc1ccccc1[C@@H](C)NCC(=O)N1CCN(C)CC1. The maximum atomic E-state index is 12.2. The molecule has 2 rings (SSSR count). The highest BCUT2D eigenvalue weighted by Crippen LogP contribution is 2.16. The Bertz CT molecular complexity index is 453. The molecule has 1 amide bonds. The van der Waals surface area contributed by atoms with Crippen LogP contribution in [0.3, 0.4) is 0 Å². The summed E-state index contributed by atoms with van der Waals surface area (Å²) in [5, 5.41) is 3.34. The number of nitrogens with one attached hydrogen (secondary N) is 1. The van der Waals surface area contributed by atoms with Crippen molar-refractivity contribution in [2.24, 2.45) is 0 Å². The Balaban J connectivity index is 1.83. The van der Waals surface area contributed by atoms with E-state index in [1.807, 2.05) is 17.0 Å². The van der Waals surface area contributed by atoms with Gasteiger partial charge in [-0.2, -0.15) is 0 Å². The van der Waals surface area contributed by atoms with Crippen LogP contribution in [0.4, 0.5) is 0 Å². The van der Waals surface area contributed by atoms with Crippen molar-refractivity contribution in [3.8, 4) is 0 Å². The van der Waals surface area contributed by atoms with Gasteiger partial charge in [-0.15, -0.1) is 0 Å². The summed E-state index contributed by atoms with van der Waals surface area (Å²) in [6, 6.07) is 8.51. The fourth-order valence-electron chi connectivity index (χ4n) is 2.59. The van der Waals surface area contributed by atoms with Crippen molar-refractivity contribution in [1.29, 1.82) is 0 Å². The monoisotopic (exact) mass is 275 g/mol. The van der Waals surface area contributed by atoms with Crippen molar-refractivity contribution >= 4 is 5.91 Å². The molecule has 4 heteroatoms. The lowest BCUT2D eigenvalue weighted by Crippen LogP contribution is -2.49. The number of nitrogens with zero attached hydrogens (tertiary/aromatic N) is 2. The second kappa shape index (κ2) is 6.86. The van der Waals surface area contributed by atoms with Crippen LogP contribution >= 0.6 is 0 Å². The van der Waals surface area contributed by atoms with Gasteiger partial charge >= 0.3 is 0 Å². The van der Waals surface area contributed by atoms with E-state index in [4.69, 9.17) is 0 Å². The number of hydrogen-bond donors (Lipinski definition) is 1. The Labute approximate surface area is 121 Å². The molecule has 110 valence electrons. The zero-order valence-electron chi connectivity index (χ0n) is 12.7. The van der Waals surface area contributed by atoms with Gasteiger partial charge in [0.2, 0.25) is 5.91 Å². The Kier molecular flexibility index (Phi) is 5.15. The van der Waals surface area contributed by atoms with E-state index in [0.29, 0.717) is 6.54 Å². The molecule has 1 fully saturated rings. The highest BCUT2D eigenvalue weighted by molar-refractivity contribution is 5.78. The zero-order valence-corrected chi connectivity index (χ0v) is 12.7. The first kappa shape index (κ1) is 15.0. The molecule has 0 aromatic heterocycles. The molecule has 1 aliphatic rings. The molecule has 0 spiro atoms. The summed E-state index contributed by atoms with van der Waals surface area (Å²) >= 11 is 0. The molecular weight excluding hydrogens is 250 g/mol. The van der Waals surface area contributed by atoms with Crippen LogP contribution in [0.25, 0.3) is 0 Å². The van der Waals surface area contributed by atoms with Gasteiger partial charge in [-0.3, -0.25) is 4.79 Å². The maximum Gasteiger partial charge on any atom is 0.236 e. The highest BCUT2D eigenvalue weighted by Gasteiger charge is 2.19. The number of likely N-dealkylation sites (N-methyl/N-ethyl adjacent to an activating group) is 1. The molecule has 0 bridgehead atoms. The second-order valence-corrected chi connectivity index (χ2v) is 5.64. The van der Waals surface area contributed by atoms with Crippen molar-refractivity contribution in [1.82, 2.24) is 15.1 Å². The topological polar surface area (TPSA) is 35.6 Å². The number of carbonyl (C=O) groups is 1. The summed E-state index contributed by atoms with van der Waals surface area (Å²) in [6.07, 6.45) is 0. The number of amides is 1. The van der Waals surface area contributed by atoms with E-state index in [0.717, 1.165) is 26.2 Å². The quantitative estimate of drug-likeness (QED) is 0.903. The van der Waals surface area contributed by atoms with E-state index >= 15 is 0 Å². The van der Waals surface area contributed by atoms with Crippen molar-refractivity contribution < 1.29 is 4.79 Å². The van der Waals surface area contributed by atoms with Crippen LogP contribution in [0.2, 0.25) is 0 Å². The molecule has 0 aliphatic carbocycles. The van der Waals surface area contributed by atoms with Crippen molar-refractivity contribution in [2.45, 2.75) is 19.9 Å². The molecule has 1 aliphatic heterocycles. The van der Waals surface area contributed by atoms with Gasteiger partial charge in [0.15, 0.2) is 0 Å². The van der Waals surface area contributed by atoms with Crippen LogP contribution in [0.1, 0.15) is 24.1 Å². The summed E-state index contributed by atoms with van der Waals surface area (Å²) in [4.78, 5) is 16.4. The Morgan fingerprint density at radius 2 is 1.90 bits per heavy atom. The third-order valence-electron chi connectivity index (χ3n) is 4.07. The molecule has 1 aromatic carbocycles. The summed E-state index contributed by atoms with van der Waals surface area (Å²) < 4.78 is 0. The lowest BCUT2D eigenvalue weighted by atomic mass is 10.0. The summed E-state index contributed by atoms with van der Waals surface area (Å²) in [7, 11) is 2.10. The van der Waals surface area contributed by atoms with E-state index in [1.54, 1.807) is 0 Å². The minimum absolute atomic E-state index is 0.201. The third kappa shape index (κ3) is 3.81. The Morgan fingerprint density at radius 1 is 1.25 bits per heavy atom. The molecule has 0 unspecified atom stereocenters. The molecule has 20 heavy (non-hydrogen) atoms. The maximum absolute atomic E-state index is 12.2. The van der Waals surface area contributed by atoms with Gasteiger partial charge < -0.3 is 15.1 Å². The lowest BCUT2D eigenvalue weighted by Gasteiger charge is -2.32. The average Bonchev–Trinajstić information content (AvgIpc) is 2.45. The average molecular weight is 275 g/mol. The standard InChI is InChI=1S/C16H25N3O/c1-13-6-4-5-7-15(13)14(2)17-12-16(20)19-10-8-18(3)9-11-19/h4-7,14,17H,8-12H2,1-3H3/t14-/m1/s1. The van der Waals surface area contributed by atoms with Crippen LogP contribution in [0, 0.1) is 6.92 Å². The van der Waals surface area contributed by atoms with E-state index in [1.165, 1.54) is 11.1 Å². The predicted molar refractivity (Wildman–Crippen MR) is 81.7 cm³/mol. The summed E-state index contributed by atoms with van der Waals surface area (Å²) in [5.74, 6) is 0.207. The van der Waals surface area contributed by atoms with Gasteiger partial charge in [0.25, 0.3) is 0 Å². The van der Waals surface area contributed by atoms with Gasteiger partial charge in [-0.1, -0.05) is 24.3 Å². The third-order valence-corrected chi connectivity index (χ3v) is 4.07. The van der Waals surface area contributed by atoms with Gasteiger partial charge in [0.1, 0.15) is 0 Å².